The number of nitrogens with one attached hydrogen (secondary N) is 1. The Morgan fingerprint density at radius 2 is 2.00 bits per heavy atom. The first-order chi connectivity index (χ1) is 8.87. The molecule has 7 nitrogen and oxygen atoms in total. The van der Waals surface area contributed by atoms with Crippen molar-refractivity contribution in [1.82, 2.24) is 10.2 Å². The molecule has 1 aliphatic rings. The summed E-state index contributed by atoms with van der Waals surface area (Å²) in [5, 5.41) is 11.6. The molecule has 2 amide bonds. The van der Waals surface area contributed by atoms with E-state index in [1.54, 1.807) is 14.1 Å². The number of nitrogens with zero attached hydrogens (tertiary/aromatic N) is 1. The van der Waals surface area contributed by atoms with Gasteiger partial charge in [0.25, 0.3) is 0 Å². The van der Waals surface area contributed by atoms with Crippen molar-refractivity contribution >= 4 is 17.8 Å². The SMILES string of the molecule is CN(C)C(=O)CCCC(=O)NC1(C(=O)O)CCOC1. The first-order valence-electron chi connectivity index (χ1n) is 6.20. The average Bonchev–Trinajstić information content (AvgIpc) is 2.78. The maximum Gasteiger partial charge on any atom is 0.331 e. The van der Waals surface area contributed by atoms with E-state index in [0.29, 0.717) is 13.0 Å². The van der Waals surface area contributed by atoms with Gasteiger partial charge in [-0.05, 0) is 6.42 Å². The second-order valence-corrected chi connectivity index (χ2v) is 4.88. The summed E-state index contributed by atoms with van der Waals surface area (Å²) in [4.78, 5) is 35.7. The van der Waals surface area contributed by atoms with Crippen molar-refractivity contribution in [3.8, 4) is 0 Å². The van der Waals surface area contributed by atoms with E-state index in [1.165, 1.54) is 4.90 Å². The summed E-state index contributed by atoms with van der Waals surface area (Å²) >= 11 is 0. The van der Waals surface area contributed by atoms with Crippen molar-refractivity contribution in [2.24, 2.45) is 0 Å². The molecule has 0 aromatic rings. The molecular weight excluding hydrogens is 252 g/mol. The van der Waals surface area contributed by atoms with Gasteiger partial charge in [0.1, 0.15) is 0 Å². The zero-order valence-corrected chi connectivity index (χ0v) is 11.3. The molecule has 1 fully saturated rings. The van der Waals surface area contributed by atoms with Crippen LogP contribution in [0.4, 0.5) is 0 Å². The third-order valence-electron chi connectivity index (χ3n) is 3.10. The lowest BCUT2D eigenvalue weighted by Crippen LogP contribution is -2.55. The fraction of sp³-hybridized carbons (Fsp3) is 0.750. The highest BCUT2D eigenvalue weighted by Crippen LogP contribution is 2.19. The molecule has 108 valence electrons. The zero-order chi connectivity index (χ0) is 14.5. The minimum Gasteiger partial charge on any atom is -0.479 e. The van der Waals surface area contributed by atoms with Crippen LogP contribution in [0.3, 0.4) is 0 Å². The molecule has 0 aliphatic carbocycles. The minimum absolute atomic E-state index is 0.00922. The van der Waals surface area contributed by atoms with Gasteiger partial charge in [0.05, 0.1) is 6.61 Å². The molecule has 7 heteroatoms. The number of carboxylic acids is 1. The van der Waals surface area contributed by atoms with Gasteiger partial charge >= 0.3 is 5.97 Å². The van der Waals surface area contributed by atoms with Crippen molar-refractivity contribution in [2.45, 2.75) is 31.2 Å². The number of hydrogen-bond donors (Lipinski definition) is 2. The van der Waals surface area contributed by atoms with Crippen LogP contribution < -0.4 is 5.32 Å². The first kappa shape index (κ1) is 15.4. The Bertz CT molecular complexity index is 361. The molecule has 1 rings (SSSR count). The number of amides is 2. The molecule has 0 aromatic carbocycles. The first-order valence-corrected chi connectivity index (χ1v) is 6.20. The Morgan fingerprint density at radius 3 is 2.47 bits per heavy atom. The van der Waals surface area contributed by atoms with E-state index in [2.05, 4.69) is 5.32 Å². The van der Waals surface area contributed by atoms with E-state index >= 15 is 0 Å². The van der Waals surface area contributed by atoms with E-state index in [1.807, 2.05) is 0 Å². The second-order valence-electron chi connectivity index (χ2n) is 4.88. The predicted molar refractivity (Wildman–Crippen MR) is 66.5 cm³/mol. The monoisotopic (exact) mass is 272 g/mol. The molecule has 1 saturated heterocycles. The molecule has 1 heterocycles. The van der Waals surface area contributed by atoms with E-state index in [-0.39, 0.29) is 37.7 Å². The minimum atomic E-state index is -1.30. The molecule has 19 heavy (non-hydrogen) atoms. The van der Waals surface area contributed by atoms with Crippen molar-refractivity contribution < 1.29 is 24.2 Å². The fourth-order valence-electron chi connectivity index (χ4n) is 1.84. The second kappa shape index (κ2) is 6.51. The topological polar surface area (TPSA) is 95.9 Å². The molecule has 0 aromatic heterocycles. The number of rotatable bonds is 6. The lowest BCUT2D eigenvalue weighted by atomic mass is 9.98. The molecule has 0 spiro atoms. The number of carboxylic acid groups (broad SMARTS) is 1. The Morgan fingerprint density at radius 1 is 1.32 bits per heavy atom. The lowest BCUT2D eigenvalue weighted by molar-refractivity contribution is -0.147. The van der Waals surface area contributed by atoms with Crippen molar-refractivity contribution in [2.75, 3.05) is 27.3 Å². The predicted octanol–water partition coefficient (Wildman–Crippen LogP) is -0.395. The van der Waals surface area contributed by atoms with Gasteiger partial charge in [0.15, 0.2) is 5.54 Å². The standard InChI is InChI=1S/C12H20N2O5/c1-14(2)10(16)5-3-4-9(15)13-12(11(17)18)6-7-19-8-12/h3-8H2,1-2H3,(H,13,15)(H,17,18). The highest BCUT2D eigenvalue weighted by molar-refractivity contribution is 5.87. The normalized spacial score (nSPS) is 22.0. The lowest BCUT2D eigenvalue weighted by Gasteiger charge is -2.23. The summed E-state index contributed by atoms with van der Waals surface area (Å²) in [7, 11) is 3.30. The van der Waals surface area contributed by atoms with Crippen LogP contribution in [0.25, 0.3) is 0 Å². The molecule has 1 aliphatic heterocycles. The Hall–Kier alpha value is -1.63. The van der Waals surface area contributed by atoms with Gasteiger partial charge in [-0.2, -0.15) is 0 Å². The summed E-state index contributed by atoms with van der Waals surface area (Å²) in [5.41, 5.74) is -1.30. The molecule has 0 saturated carbocycles. The van der Waals surface area contributed by atoms with Gasteiger partial charge in [-0.25, -0.2) is 4.79 Å². The maximum absolute atomic E-state index is 11.7. The number of ether oxygens (including phenoxy) is 1. The van der Waals surface area contributed by atoms with Crippen LogP contribution in [0.1, 0.15) is 25.7 Å². The van der Waals surface area contributed by atoms with Crippen LogP contribution in [0.2, 0.25) is 0 Å². The molecule has 0 radical (unpaired) electrons. The average molecular weight is 272 g/mol. The van der Waals surface area contributed by atoms with Crippen LogP contribution in [-0.2, 0) is 19.1 Å². The van der Waals surface area contributed by atoms with Gasteiger partial charge in [-0.1, -0.05) is 0 Å². The van der Waals surface area contributed by atoms with Gasteiger partial charge in [0, 0.05) is 40.0 Å². The van der Waals surface area contributed by atoms with Crippen LogP contribution in [0.15, 0.2) is 0 Å². The van der Waals surface area contributed by atoms with Gasteiger partial charge < -0.3 is 20.1 Å². The Kier molecular flexibility index (Phi) is 5.29. The highest BCUT2D eigenvalue weighted by Gasteiger charge is 2.43. The third kappa shape index (κ3) is 4.20. The third-order valence-corrected chi connectivity index (χ3v) is 3.10. The molecule has 2 N–H and O–H groups in total. The summed E-state index contributed by atoms with van der Waals surface area (Å²) in [6.07, 6.45) is 1.08. The van der Waals surface area contributed by atoms with Crippen LogP contribution in [0.5, 0.6) is 0 Å². The molecule has 1 unspecified atom stereocenters. The van der Waals surface area contributed by atoms with Gasteiger partial charge in [-0.3, -0.25) is 9.59 Å². The van der Waals surface area contributed by atoms with Crippen LogP contribution in [0, 0.1) is 0 Å². The zero-order valence-electron chi connectivity index (χ0n) is 11.3. The van der Waals surface area contributed by atoms with Crippen LogP contribution >= 0.6 is 0 Å². The summed E-state index contributed by atoms with van der Waals surface area (Å²) in [5.74, 6) is -1.49. The smallest absolute Gasteiger partial charge is 0.331 e. The van der Waals surface area contributed by atoms with E-state index < -0.39 is 11.5 Å². The van der Waals surface area contributed by atoms with Crippen molar-refractivity contribution in [3.05, 3.63) is 0 Å². The van der Waals surface area contributed by atoms with Crippen molar-refractivity contribution in [3.63, 3.8) is 0 Å². The van der Waals surface area contributed by atoms with Gasteiger partial charge in [-0.15, -0.1) is 0 Å². The highest BCUT2D eigenvalue weighted by atomic mass is 16.5. The summed E-state index contributed by atoms with van der Waals surface area (Å²) in [6, 6.07) is 0. The molecular formula is C12H20N2O5. The van der Waals surface area contributed by atoms with E-state index in [9.17, 15) is 14.4 Å². The quantitative estimate of drug-likeness (QED) is 0.686. The van der Waals surface area contributed by atoms with E-state index in [4.69, 9.17) is 9.84 Å². The number of hydrogen-bond acceptors (Lipinski definition) is 4. The summed E-state index contributed by atoms with van der Waals surface area (Å²) in [6.45, 7) is 0.316. The maximum atomic E-state index is 11.7. The molecule has 1 atom stereocenters. The number of carbonyl (C=O) groups excluding carboxylic acids is 2. The largest absolute Gasteiger partial charge is 0.479 e. The molecule has 0 bridgehead atoms. The van der Waals surface area contributed by atoms with Crippen LogP contribution in [-0.4, -0.2) is 60.6 Å². The van der Waals surface area contributed by atoms with E-state index in [0.717, 1.165) is 0 Å². The van der Waals surface area contributed by atoms with Crippen molar-refractivity contribution in [1.29, 1.82) is 0 Å². The summed E-state index contributed by atoms with van der Waals surface area (Å²) < 4.78 is 5.04. The fourth-order valence-corrected chi connectivity index (χ4v) is 1.84. The number of aliphatic carboxylic acids is 1. The Labute approximate surface area is 111 Å². The Balaban J connectivity index is 2.38. The van der Waals surface area contributed by atoms with Gasteiger partial charge in [0.2, 0.25) is 11.8 Å². The number of carbonyl (C=O) groups is 3.